The number of carbonyl (C=O) groups is 1. The molecule has 0 unspecified atom stereocenters. The first-order chi connectivity index (χ1) is 12.4. The van der Waals surface area contributed by atoms with Gasteiger partial charge in [0.25, 0.3) is 16.0 Å². The van der Waals surface area contributed by atoms with Gasteiger partial charge in [-0.2, -0.15) is 13.4 Å². The van der Waals surface area contributed by atoms with Crippen LogP contribution in [0.4, 0.5) is 0 Å². The normalized spacial score (nSPS) is 15.2. The molecule has 1 aromatic rings. The summed E-state index contributed by atoms with van der Waals surface area (Å²) in [6.45, 7) is 0.133. The van der Waals surface area contributed by atoms with E-state index in [4.69, 9.17) is 10.5 Å². The van der Waals surface area contributed by atoms with E-state index in [1.54, 1.807) is 18.2 Å². The largest absolute Gasteiger partial charge is 0.492 e. The Balaban J connectivity index is 2.27. The van der Waals surface area contributed by atoms with Gasteiger partial charge in [0.2, 0.25) is 5.96 Å². The third-order valence-electron chi connectivity index (χ3n) is 3.29. The number of benzene rings is 1. The molecule has 1 aromatic carbocycles. The fourth-order valence-electron chi connectivity index (χ4n) is 2.30. The smallest absolute Gasteiger partial charge is 0.285 e. The number of para-hydroxylation sites is 1. The van der Waals surface area contributed by atoms with Crippen molar-refractivity contribution in [3.63, 3.8) is 0 Å². The standard InChI is InChI=1S/C15H19N3O7S2/c1-26(20,21)9-12-5-3-4-10-8-11(6-7-24-13(10)12)14(19)17-15(16)18-25-27(2,22)23/h3-5,8H,6-7,9H2,1-2H3,(H3,16,17,18,19). The van der Waals surface area contributed by atoms with Crippen LogP contribution in [-0.2, 0) is 34.8 Å². The van der Waals surface area contributed by atoms with Crippen molar-refractivity contribution in [1.82, 2.24) is 5.48 Å². The lowest BCUT2D eigenvalue weighted by molar-refractivity contribution is -0.114. The minimum absolute atomic E-state index is 0.133. The topological polar surface area (TPSA) is 154 Å². The minimum Gasteiger partial charge on any atom is -0.492 e. The van der Waals surface area contributed by atoms with E-state index >= 15 is 0 Å². The molecule has 0 saturated carbocycles. The van der Waals surface area contributed by atoms with Gasteiger partial charge >= 0.3 is 0 Å². The number of sulfone groups is 1. The van der Waals surface area contributed by atoms with E-state index in [1.807, 2.05) is 5.48 Å². The van der Waals surface area contributed by atoms with Crippen molar-refractivity contribution in [2.24, 2.45) is 10.7 Å². The second-order valence-corrected chi connectivity index (χ2v) is 9.58. The number of nitrogens with one attached hydrogen (secondary N) is 1. The Morgan fingerprint density at radius 3 is 2.63 bits per heavy atom. The van der Waals surface area contributed by atoms with Crippen molar-refractivity contribution in [3.8, 4) is 5.75 Å². The molecule has 0 bridgehead atoms. The van der Waals surface area contributed by atoms with Crippen molar-refractivity contribution < 1.29 is 30.7 Å². The molecule has 3 N–H and O–H groups in total. The first-order valence-electron chi connectivity index (χ1n) is 7.60. The van der Waals surface area contributed by atoms with E-state index in [0.29, 0.717) is 16.9 Å². The molecule has 2 rings (SSSR count). The van der Waals surface area contributed by atoms with Crippen molar-refractivity contribution in [1.29, 1.82) is 0 Å². The average Bonchev–Trinajstić information content (AvgIpc) is 2.74. The van der Waals surface area contributed by atoms with Crippen LogP contribution in [0.1, 0.15) is 17.5 Å². The van der Waals surface area contributed by atoms with Crippen LogP contribution in [0, 0.1) is 0 Å². The lowest BCUT2D eigenvalue weighted by atomic mass is 10.1. The van der Waals surface area contributed by atoms with Crippen molar-refractivity contribution >= 4 is 37.9 Å². The van der Waals surface area contributed by atoms with Crippen LogP contribution in [0.5, 0.6) is 5.75 Å². The van der Waals surface area contributed by atoms with Gasteiger partial charge in [0.05, 0.1) is 18.6 Å². The highest BCUT2D eigenvalue weighted by Gasteiger charge is 2.19. The molecule has 1 heterocycles. The van der Waals surface area contributed by atoms with Gasteiger partial charge in [0, 0.05) is 29.4 Å². The summed E-state index contributed by atoms with van der Waals surface area (Å²) in [6.07, 6.45) is 3.66. The summed E-state index contributed by atoms with van der Waals surface area (Å²) >= 11 is 0. The van der Waals surface area contributed by atoms with Crippen LogP contribution in [-0.4, -0.2) is 47.8 Å². The van der Waals surface area contributed by atoms with Crippen molar-refractivity contribution in [3.05, 3.63) is 34.9 Å². The molecule has 1 amide bonds. The van der Waals surface area contributed by atoms with Gasteiger partial charge in [-0.25, -0.2) is 13.9 Å². The molecule has 10 nitrogen and oxygen atoms in total. The van der Waals surface area contributed by atoms with Crippen LogP contribution in [0.15, 0.2) is 28.8 Å². The monoisotopic (exact) mass is 417 g/mol. The number of rotatable bonds is 5. The van der Waals surface area contributed by atoms with Gasteiger partial charge in [0.15, 0.2) is 9.84 Å². The predicted octanol–water partition coefficient (Wildman–Crippen LogP) is -0.281. The zero-order valence-corrected chi connectivity index (χ0v) is 16.3. The summed E-state index contributed by atoms with van der Waals surface area (Å²) in [5.74, 6) is -1.03. The molecule has 0 radical (unpaired) electrons. The number of aliphatic imine (C=N–C) groups is 1. The maximum absolute atomic E-state index is 12.3. The number of nitrogens with two attached hydrogens (primary N) is 1. The number of hydrogen-bond acceptors (Lipinski definition) is 7. The van der Waals surface area contributed by atoms with Crippen LogP contribution >= 0.6 is 0 Å². The molecule has 1 aliphatic heterocycles. The zero-order chi connectivity index (χ0) is 20.2. The number of hydrogen-bond donors (Lipinski definition) is 2. The van der Waals surface area contributed by atoms with Crippen molar-refractivity contribution in [2.45, 2.75) is 12.2 Å². The molecule has 0 fully saturated rings. The number of carbonyl (C=O) groups excluding carboxylic acids is 1. The molecule has 0 saturated heterocycles. The second kappa shape index (κ2) is 8.06. The van der Waals surface area contributed by atoms with Crippen LogP contribution < -0.4 is 16.0 Å². The maximum atomic E-state index is 12.3. The minimum atomic E-state index is -3.81. The Hall–Kier alpha value is -2.44. The Morgan fingerprint density at radius 1 is 1.30 bits per heavy atom. The maximum Gasteiger partial charge on any atom is 0.285 e. The highest BCUT2D eigenvalue weighted by molar-refractivity contribution is 7.89. The first kappa shape index (κ1) is 20.9. The quantitative estimate of drug-likeness (QED) is 0.374. The van der Waals surface area contributed by atoms with E-state index in [9.17, 15) is 21.6 Å². The Labute approximate surface area is 157 Å². The number of hydroxylamine groups is 1. The molecular formula is C15H19N3O7S2. The highest BCUT2D eigenvalue weighted by Crippen LogP contribution is 2.31. The summed E-state index contributed by atoms with van der Waals surface area (Å²) in [6, 6.07) is 4.98. The van der Waals surface area contributed by atoms with Crippen LogP contribution in [0.25, 0.3) is 6.08 Å². The van der Waals surface area contributed by atoms with E-state index in [-0.39, 0.29) is 24.4 Å². The molecule has 27 heavy (non-hydrogen) atoms. The summed E-state index contributed by atoms with van der Waals surface area (Å²) in [5.41, 5.74) is 8.56. The SMILES string of the molecule is CS(=O)(=O)Cc1cccc2c1OCCC(C(=O)N=C(N)NOS(C)(=O)=O)=C2. The fraction of sp³-hybridized carbons (Fsp3) is 0.333. The molecule has 12 heteroatoms. The third-order valence-corrected chi connectivity index (χ3v) is 4.51. The highest BCUT2D eigenvalue weighted by atomic mass is 32.2. The van der Waals surface area contributed by atoms with Crippen LogP contribution in [0.3, 0.4) is 0 Å². The zero-order valence-electron chi connectivity index (χ0n) is 14.6. The molecule has 0 aliphatic carbocycles. The average molecular weight is 417 g/mol. The molecule has 0 spiro atoms. The van der Waals surface area contributed by atoms with E-state index < -0.39 is 31.8 Å². The lowest BCUT2D eigenvalue weighted by Crippen LogP contribution is -2.34. The van der Waals surface area contributed by atoms with Gasteiger partial charge in [-0.15, -0.1) is 4.28 Å². The lowest BCUT2D eigenvalue weighted by Gasteiger charge is -2.11. The molecule has 148 valence electrons. The van der Waals surface area contributed by atoms with E-state index in [1.165, 1.54) is 6.08 Å². The van der Waals surface area contributed by atoms with Gasteiger partial charge in [-0.05, 0) is 6.08 Å². The number of guanidine groups is 1. The summed E-state index contributed by atoms with van der Waals surface area (Å²) in [4.78, 5) is 15.8. The Morgan fingerprint density at radius 2 is 2.00 bits per heavy atom. The summed E-state index contributed by atoms with van der Waals surface area (Å²) in [5, 5.41) is 0. The fourth-order valence-corrected chi connectivity index (χ4v) is 3.33. The number of amides is 1. The first-order valence-corrected chi connectivity index (χ1v) is 11.5. The molecule has 0 atom stereocenters. The second-order valence-electron chi connectivity index (χ2n) is 5.87. The molecule has 0 aromatic heterocycles. The van der Waals surface area contributed by atoms with Gasteiger partial charge in [-0.3, -0.25) is 4.79 Å². The Bertz CT molecular complexity index is 1010. The van der Waals surface area contributed by atoms with Gasteiger partial charge < -0.3 is 10.5 Å². The summed E-state index contributed by atoms with van der Waals surface area (Å²) in [7, 11) is -7.08. The number of nitrogens with zero attached hydrogens (tertiary/aromatic N) is 1. The number of ether oxygens (including phenoxy) is 1. The van der Waals surface area contributed by atoms with E-state index in [0.717, 1.165) is 12.5 Å². The Kier molecular flexibility index (Phi) is 6.23. The third kappa shape index (κ3) is 6.66. The van der Waals surface area contributed by atoms with Crippen molar-refractivity contribution in [2.75, 3.05) is 19.1 Å². The summed E-state index contributed by atoms with van der Waals surface area (Å²) < 4.78 is 54.8. The molecule has 1 aliphatic rings. The predicted molar refractivity (Wildman–Crippen MR) is 98.8 cm³/mol. The van der Waals surface area contributed by atoms with Gasteiger partial charge in [-0.1, -0.05) is 18.2 Å². The van der Waals surface area contributed by atoms with Crippen LogP contribution in [0.2, 0.25) is 0 Å². The van der Waals surface area contributed by atoms with Gasteiger partial charge in [0.1, 0.15) is 5.75 Å². The molecular weight excluding hydrogens is 398 g/mol. The number of fused-ring (bicyclic) bond motifs is 1. The van der Waals surface area contributed by atoms with E-state index in [2.05, 4.69) is 9.28 Å².